The molecule has 0 radical (unpaired) electrons. The van der Waals surface area contributed by atoms with Crippen molar-refractivity contribution < 1.29 is 9.47 Å². The van der Waals surface area contributed by atoms with Gasteiger partial charge in [-0.2, -0.15) is 0 Å². The summed E-state index contributed by atoms with van der Waals surface area (Å²) < 4.78 is 11.5. The maximum atomic E-state index is 7.49. The second-order valence-corrected chi connectivity index (χ2v) is 4.52. The molecule has 0 aliphatic carbocycles. The number of pyridine rings is 1. The largest absolute Gasteiger partial charge is 0.497 e. The first kappa shape index (κ1) is 13.4. The van der Waals surface area contributed by atoms with Crippen LogP contribution < -0.4 is 15.2 Å². The van der Waals surface area contributed by atoms with Crippen molar-refractivity contribution in [1.29, 1.82) is 5.41 Å². The average Bonchev–Trinajstić information content (AvgIpc) is 2.41. The number of nitrogens with two attached hydrogens (primary N) is 1. The van der Waals surface area contributed by atoms with Crippen LogP contribution >= 0.6 is 15.9 Å². The summed E-state index contributed by atoms with van der Waals surface area (Å²) in [7, 11) is 1.59. The van der Waals surface area contributed by atoms with Gasteiger partial charge in [0.1, 0.15) is 17.3 Å². The Labute approximate surface area is 119 Å². The highest BCUT2D eigenvalue weighted by Crippen LogP contribution is 2.32. The quantitative estimate of drug-likeness (QED) is 0.670. The number of benzene rings is 1. The molecule has 19 heavy (non-hydrogen) atoms. The predicted molar refractivity (Wildman–Crippen MR) is 76.0 cm³/mol. The average molecular weight is 322 g/mol. The van der Waals surface area contributed by atoms with Gasteiger partial charge in [0.25, 0.3) is 0 Å². The zero-order valence-electron chi connectivity index (χ0n) is 10.2. The molecular weight excluding hydrogens is 310 g/mol. The normalized spacial score (nSPS) is 10.0. The van der Waals surface area contributed by atoms with Gasteiger partial charge in [-0.25, -0.2) is 4.98 Å². The molecule has 2 aromatic rings. The van der Waals surface area contributed by atoms with Crippen molar-refractivity contribution in [1.82, 2.24) is 4.98 Å². The Hall–Kier alpha value is -2.08. The SMILES string of the molecule is COc1ccc(Oc2ncccc2C(=N)N)c(Br)c1. The Morgan fingerprint density at radius 1 is 1.37 bits per heavy atom. The van der Waals surface area contributed by atoms with Crippen LogP contribution in [0.3, 0.4) is 0 Å². The molecule has 0 saturated heterocycles. The summed E-state index contributed by atoms with van der Waals surface area (Å²) in [6, 6.07) is 8.69. The number of nitrogen functional groups attached to an aromatic ring is 1. The maximum Gasteiger partial charge on any atom is 0.230 e. The minimum absolute atomic E-state index is 0.0901. The first-order chi connectivity index (χ1) is 9.11. The number of aromatic nitrogens is 1. The third-order valence-corrected chi connectivity index (χ3v) is 3.03. The van der Waals surface area contributed by atoms with Gasteiger partial charge < -0.3 is 15.2 Å². The summed E-state index contributed by atoms with van der Waals surface area (Å²) in [5.41, 5.74) is 5.93. The highest BCUT2D eigenvalue weighted by atomic mass is 79.9. The highest BCUT2D eigenvalue weighted by Gasteiger charge is 2.11. The summed E-state index contributed by atoms with van der Waals surface area (Å²) in [6.45, 7) is 0. The number of amidine groups is 1. The molecule has 0 aliphatic rings. The summed E-state index contributed by atoms with van der Waals surface area (Å²) in [6.07, 6.45) is 1.58. The molecule has 1 heterocycles. The topological polar surface area (TPSA) is 81.2 Å². The Kier molecular flexibility index (Phi) is 4.01. The van der Waals surface area contributed by atoms with Crippen LogP contribution in [0.1, 0.15) is 5.56 Å². The Bertz CT molecular complexity index is 617. The zero-order chi connectivity index (χ0) is 13.8. The van der Waals surface area contributed by atoms with Crippen LogP contribution in [0, 0.1) is 5.41 Å². The Morgan fingerprint density at radius 3 is 2.79 bits per heavy atom. The van der Waals surface area contributed by atoms with Crippen molar-refractivity contribution in [2.24, 2.45) is 5.73 Å². The van der Waals surface area contributed by atoms with Crippen LogP contribution in [0.2, 0.25) is 0 Å². The monoisotopic (exact) mass is 321 g/mol. The third-order valence-electron chi connectivity index (χ3n) is 2.41. The molecule has 0 saturated carbocycles. The van der Waals surface area contributed by atoms with Crippen molar-refractivity contribution in [3.05, 3.63) is 46.6 Å². The van der Waals surface area contributed by atoms with Crippen molar-refractivity contribution in [2.45, 2.75) is 0 Å². The fourth-order valence-electron chi connectivity index (χ4n) is 1.47. The van der Waals surface area contributed by atoms with Gasteiger partial charge in [0.15, 0.2) is 0 Å². The van der Waals surface area contributed by atoms with Crippen molar-refractivity contribution >= 4 is 21.8 Å². The van der Waals surface area contributed by atoms with E-state index in [1.54, 1.807) is 43.6 Å². The molecule has 5 nitrogen and oxygen atoms in total. The molecule has 0 amide bonds. The van der Waals surface area contributed by atoms with E-state index in [0.717, 1.165) is 4.47 Å². The van der Waals surface area contributed by atoms with Crippen LogP contribution in [0.4, 0.5) is 0 Å². The number of halogens is 1. The number of hydrogen-bond acceptors (Lipinski definition) is 4. The lowest BCUT2D eigenvalue weighted by Crippen LogP contribution is -2.12. The van der Waals surface area contributed by atoms with Crippen LogP contribution in [0.25, 0.3) is 0 Å². The number of hydrogen-bond donors (Lipinski definition) is 2. The number of rotatable bonds is 4. The first-order valence-corrected chi connectivity index (χ1v) is 6.22. The summed E-state index contributed by atoms with van der Waals surface area (Å²) in [5, 5.41) is 7.49. The molecule has 0 unspecified atom stereocenters. The van der Waals surface area contributed by atoms with E-state index in [-0.39, 0.29) is 5.84 Å². The maximum absolute atomic E-state index is 7.49. The van der Waals surface area contributed by atoms with E-state index in [4.69, 9.17) is 20.6 Å². The molecule has 3 N–H and O–H groups in total. The molecule has 0 bridgehead atoms. The molecule has 1 aromatic carbocycles. The van der Waals surface area contributed by atoms with E-state index >= 15 is 0 Å². The predicted octanol–water partition coefficient (Wildman–Crippen LogP) is 2.93. The standard InChI is InChI=1S/C13H12BrN3O2/c1-18-8-4-5-11(10(14)7-8)19-13-9(12(15)16)3-2-6-17-13/h2-7H,1H3,(H3,15,16). The minimum Gasteiger partial charge on any atom is -0.497 e. The van der Waals surface area contributed by atoms with Gasteiger partial charge in [-0.3, -0.25) is 5.41 Å². The van der Waals surface area contributed by atoms with Crippen molar-refractivity contribution in [3.8, 4) is 17.4 Å². The third kappa shape index (κ3) is 3.03. The van der Waals surface area contributed by atoms with Gasteiger partial charge in [0, 0.05) is 6.20 Å². The molecule has 6 heteroatoms. The van der Waals surface area contributed by atoms with E-state index in [1.165, 1.54) is 0 Å². The van der Waals surface area contributed by atoms with Gasteiger partial charge in [-0.1, -0.05) is 0 Å². The molecule has 98 valence electrons. The Morgan fingerprint density at radius 2 is 2.16 bits per heavy atom. The molecule has 0 atom stereocenters. The molecule has 0 spiro atoms. The lowest BCUT2D eigenvalue weighted by Gasteiger charge is -2.10. The van der Waals surface area contributed by atoms with E-state index in [1.807, 2.05) is 0 Å². The van der Waals surface area contributed by atoms with Crippen LogP contribution in [-0.2, 0) is 0 Å². The van der Waals surface area contributed by atoms with Gasteiger partial charge in [-0.15, -0.1) is 0 Å². The molecule has 0 fully saturated rings. The number of nitrogens with one attached hydrogen (secondary N) is 1. The smallest absolute Gasteiger partial charge is 0.230 e. The Balaban J connectivity index is 2.34. The van der Waals surface area contributed by atoms with Gasteiger partial charge >= 0.3 is 0 Å². The van der Waals surface area contributed by atoms with Gasteiger partial charge in [-0.05, 0) is 46.3 Å². The number of ether oxygens (including phenoxy) is 2. The molecular formula is C13H12BrN3O2. The molecule has 0 aliphatic heterocycles. The minimum atomic E-state index is -0.0901. The van der Waals surface area contributed by atoms with Crippen molar-refractivity contribution in [2.75, 3.05) is 7.11 Å². The number of methoxy groups -OCH3 is 1. The highest BCUT2D eigenvalue weighted by molar-refractivity contribution is 9.10. The van der Waals surface area contributed by atoms with Gasteiger partial charge in [0.05, 0.1) is 17.1 Å². The fourth-order valence-corrected chi connectivity index (χ4v) is 1.91. The zero-order valence-corrected chi connectivity index (χ0v) is 11.8. The number of nitrogens with zero attached hydrogens (tertiary/aromatic N) is 1. The first-order valence-electron chi connectivity index (χ1n) is 5.42. The van der Waals surface area contributed by atoms with E-state index in [2.05, 4.69) is 20.9 Å². The fraction of sp³-hybridized carbons (Fsp3) is 0.0769. The summed E-state index contributed by atoms with van der Waals surface area (Å²) in [5.74, 6) is 1.49. The van der Waals surface area contributed by atoms with Gasteiger partial charge in [0.2, 0.25) is 5.88 Å². The van der Waals surface area contributed by atoms with E-state index < -0.39 is 0 Å². The second-order valence-electron chi connectivity index (χ2n) is 3.67. The summed E-state index contributed by atoms with van der Waals surface area (Å²) >= 11 is 3.39. The lowest BCUT2D eigenvalue weighted by molar-refractivity contribution is 0.411. The van der Waals surface area contributed by atoms with Crippen LogP contribution in [-0.4, -0.2) is 17.9 Å². The van der Waals surface area contributed by atoms with E-state index in [0.29, 0.717) is 22.9 Å². The lowest BCUT2D eigenvalue weighted by atomic mass is 10.2. The van der Waals surface area contributed by atoms with E-state index in [9.17, 15) is 0 Å². The van der Waals surface area contributed by atoms with Crippen LogP contribution in [0.5, 0.6) is 17.4 Å². The van der Waals surface area contributed by atoms with Crippen molar-refractivity contribution in [3.63, 3.8) is 0 Å². The molecule has 1 aromatic heterocycles. The summed E-state index contributed by atoms with van der Waals surface area (Å²) in [4.78, 5) is 4.08. The molecule has 2 rings (SSSR count). The van der Waals surface area contributed by atoms with Crippen LogP contribution in [0.15, 0.2) is 41.0 Å². The second kappa shape index (κ2) is 5.71.